The number of para-hydroxylation sites is 1. The van der Waals surface area contributed by atoms with E-state index in [-0.39, 0.29) is 0 Å². The van der Waals surface area contributed by atoms with Crippen LogP contribution in [0.25, 0.3) is 10.9 Å². The van der Waals surface area contributed by atoms with Crippen LogP contribution in [0.4, 0.5) is 0 Å². The van der Waals surface area contributed by atoms with Gasteiger partial charge in [0, 0.05) is 16.6 Å². The first-order valence-corrected chi connectivity index (χ1v) is 6.94. The molecule has 0 aliphatic rings. The topological polar surface area (TPSA) is 22.1 Å². The van der Waals surface area contributed by atoms with E-state index in [1.54, 1.807) is 36.5 Å². The number of fused-ring (bicyclic) bond motifs is 1. The molecule has 0 atom stereocenters. The lowest BCUT2D eigenvalue weighted by Crippen LogP contribution is -1.89. The molecule has 0 bridgehead atoms. The lowest BCUT2D eigenvalue weighted by atomic mass is 10.2. The van der Waals surface area contributed by atoms with Crippen molar-refractivity contribution < 1.29 is 4.74 Å². The fourth-order valence-electron chi connectivity index (χ4n) is 1.88. The number of hydrogen-bond donors (Lipinski definition) is 0. The summed E-state index contributed by atoms with van der Waals surface area (Å²) in [7, 11) is 0. The molecule has 100 valence electrons. The highest BCUT2D eigenvalue weighted by Gasteiger charge is 2.09. The smallest absolute Gasteiger partial charge is 0.146 e. The van der Waals surface area contributed by atoms with Gasteiger partial charge >= 0.3 is 0 Å². The molecule has 3 aromatic rings. The summed E-state index contributed by atoms with van der Waals surface area (Å²) in [6.45, 7) is 0. The number of aromatic nitrogens is 1. The minimum absolute atomic E-state index is 0.449. The summed E-state index contributed by atoms with van der Waals surface area (Å²) in [6, 6.07) is 12.4. The van der Waals surface area contributed by atoms with Gasteiger partial charge in [-0.05, 0) is 36.4 Å². The maximum absolute atomic E-state index is 6.12. The minimum atomic E-state index is 0.449. The Kier molecular flexibility index (Phi) is 3.70. The molecule has 0 radical (unpaired) electrons. The van der Waals surface area contributed by atoms with E-state index in [0.717, 1.165) is 5.39 Å². The number of nitrogens with zero attached hydrogens (tertiary/aromatic N) is 1. The average Bonchev–Trinajstić information content (AvgIpc) is 2.43. The number of ether oxygens (including phenoxy) is 1. The van der Waals surface area contributed by atoms with Gasteiger partial charge in [0.15, 0.2) is 0 Å². The zero-order valence-corrected chi connectivity index (χ0v) is 12.4. The lowest BCUT2D eigenvalue weighted by molar-refractivity contribution is 0.488. The van der Waals surface area contributed by atoms with Crippen LogP contribution in [0.3, 0.4) is 0 Å². The third kappa shape index (κ3) is 2.55. The van der Waals surface area contributed by atoms with Crippen LogP contribution in [0.5, 0.6) is 11.5 Å². The zero-order valence-electron chi connectivity index (χ0n) is 10.1. The highest BCUT2D eigenvalue weighted by atomic mass is 35.5. The van der Waals surface area contributed by atoms with Gasteiger partial charge in [-0.15, -0.1) is 0 Å². The molecule has 0 spiro atoms. The number of hydrogen-bond acceptors (Lipinski definition) is 2. The fraction of sp³-hybridized carbons (Fsp3) is 0. The molecule has 0 unspecified atom stereocenters. The van der Waals surface area contributed by atoms with E-state index in [2.05, 4.69) is 4.98 Å². The second-order valence-electron chi connectivity index (χ2n) is 4.12. The van der Waals surface area contributed by atoms with Crippen molar-refractivity contribution in [3.05, 3.63) is 63.7 Å². The summed E-state index contributed by atoms with van der Waals surface area (Å²) in [5.41, 5.74) is 0.691. The fourth-order valence-corrected chi connectivity index (χ4v) is 2.55. The molecule has 0 aliphatic heterocycles. The van der Waals surface area contributed by atoms with E-state index in [0.29, 0.717) is 32.1 Å². The van der Waals surface area contributed by atoms with Crippen LogP contribution in [0, 0.1) is 0 Å². The van der Waals surface area contributed by atoms with Gasteiger partial charge in [-0.2, -0.15) is 0 Å². The monoisotopic (exact) mass is 323 g/mol. The second-order valence-corrected chi connectivity index (χ2v) is 5.37. The minimum Gasteiger partial charge on any atom is -0.455 e. The molecule has 0 amide bonds. The second kappa shape index (κ2) is 5.49. The standard InChI is InChI=1S/C15H8Cl3NO/c16-9-4-5-14(12(18)8-9)20-13-6-7-19-15-10(13)2-1-3-11(15)17/h1-8H. The van der Waals surface area contributed by atoms with Crippen molar-refractivity contribution in [1.82, 2.24) is 4.98 Å². The van der Waals surface area contributed by atoms with Crippen molar-refractivity contribution in [2.45, 2.75) is 0 Å². The molecule has 0 saturated carbocycles. The van der Waals surface area contributed by atoms with E-state index in [1.807, 2.05) is 12.1 Å². The maximum Gasteiger partial charge on any atom is 0.146 e. The summed E-state index contributed by atoms with van der Waals surface area (Å²) in [5, 5.41) is 2.41. The van der Waals surface area contributed by atoms with Gasteiger partial charge in [0.05, 0.1) is 15.6 Å². The molecule has 1 heterocycles. The van der Waals surface area contributed by atoms with Gasteiger partial charge < -0.3 is 4.74 Å². The predicted octanol–water partition coefficient (Wildman–Crippen LogP) is 5.99. The van der Waals surface area contributed by atoms with Crippen molar-refractivity contribution >= 4 is 45.7 Å². The summed E-state index contributed by atoms with van der Waals surface area (Å²) >= 11 is 18.1. The molecule has 0 N–H and O–H groups in total. The summed E-state index contributed by atoms with van der Waals surface area (Å²) in [5.74, 6) is 1.17. The molecule has 3 rings (SSSR count). The maximum atomic E-state index is 6.12. The average molecular weight is 325 g/mol. The molecule has 0 fully saturated rings. The molecule has 2 nitrogen and oxygen atoms in total. The third-order valence-corrected chi connectivity index (χ3v) is 3.63. The van der Waals surface area contributed by atoms with Crippen molar-refractivity contribution in [3.63, 3.8) is 0 Å². The van der Waals surface area contributed by atoms with E-state index >= 15 is 0 Å². The van der Waals surface area contributed by atoms with Crippen molar-refractivity contribution in [3.8, 4) is 11.5 Å². The highest BCUT2D eigenvalue weighted by Crippen LogP contribution is 2.35. The van der Waals surface area contributed by atoms with Gasteiger partial charge in [-0.3, -0.25) is 4.98 Å². The Balaban J connectivity index is 2.09. The largest absolute Gasteiger partial charge is 0.455 e. The van der Waals surface area contributed by atoms with Crippen molar-refractivity contribution in [2.75, 3.05) is 0 Å². The quantitative estimate of drug-likeness (QED) is 0.578. The molecule has 0 saturated heterocycles. The molecule has 5 heteroatoms. The van der Waals surface area contributed by atoms with Crippen molar-refractivity contribution in [1.29, 1.82) is 0 Å². The molecule has 20 heavy (non-hydrogen) atoms. The van der Waals surface area contributed by atoms with Crippen LogP contribution in [0.1, 0.15) is 0 Å². The number of pyridine rings is 1. The predicted molar refractivity (Wildman–Crippen MR) is 83.3 cm³/mol. The van der Waals surface area contributed by atoms with Crippen molar-refractivity contribution in [2.24, 2.45) is 0 Å². The van der Waals surface area contributed by atoms with Gasteiger partial charge in [0.1, 0.15) is 11.5 Å². The van der Waals surface area contributed by atoms with Gasteiger partial charge in [-0.1, -0.05) is 40.9 Å². The van der Waals surface area contributed by atoms with Crippen LogP contribution < -0.4 is 4.74 Å². The SMILES string of the molecule is Clc1ccc(Oc2ccnc3c(Cl)cccc23)c(Cl)c1. The highest BCUT2D eigenvalue weighted by molar-refractivity contribution is 6.36. The van der Waals surface area contributed by atoms with Crippen LogP contribution >= 0.6 is 34.8 Å². The Bertz CT molecular complexity index is 789. The molecular formula is C15H8Cl3NO. The Morgan fingerprint density at radius 2 is 1.70 bits per heavy atom. The van der Waals surface area contributed by atoms with Crippen LogP contribution in [0.15, 0.2) is 48.7 Å². The van der Waals surface area contributed by atoms with Gasteiger partial charge in [0.2, 0.25) is 0 Å². The van der Waals surface area contributed by atoms with Gasteiger partial charge in [-0.25, -0.2) is 0 Å². The van der Waals surface area contributed by atoms with E-state index < -0.39 is 0 Å². The van der Waals surface area contributed by atoms with Crippen LogP contribution in [0.2, 0.25) is 15.1 Å². The van der Waals surface area contributed by atoms with Gasteiger partial charge in [0.25, 0.3) is 0 Å². The lowest BCUT2D eigenvalue weighted by Gasteiger charge is -2.10. The first-order valence-electron chi connectivity index (χ1n) is 5.81. The Hall–Kier alpha value is -1.48. The number of rotatable bonds is 2. The molecule has 1 aromatic heterocycles. The number of benzene rings is 2. The molecular weight excluding hydrogens is 317 g/mol. The van der Waals surface area contributed by atoms with Crippen LogP contribution in [-0.4, -0.2) is 4.98 Å². The Morgan fingerprint density at radius 3 is 2.50 bits per heavy atom. The first-order chi connectivity index (χ1) is 9.65. The summed E-state index contributed by atoms with van der Waals surface area (Å²) < 4.78 is 5.84. The Labute approximate surface area is 130 Å². The Morgan fingerprint density at radius 1 is 0.850 bits per heavy atom. The third-order valence-electron chi connectivity index (χ3n) is 2.80. The number of halogens is 3. The normalized spacial score (nSPS) is 10.8. The van der Waals surface area contributed by atoms with Crippen LogP contribution in [-0.2, 0) is 0 Å². The summed E-state index contributed by atoms with van der Waals surface area (Å²) in [6.07, 6.45) is 1.65. The van der Waals surface area contributed by atoms with E-state index in [4.69, 9.17) is 39.5 Å². The van der Waals surface area contributed by atoms with E-state index in [1.165, 1.54) is 0 Å². The molecule has 0 aliphatic carbocycles. The zero-order chi connectivity index (χ0) is 14.1. The summed E-state index contributed by atoms with van der Waals surface area (Å²) in [4.78, 5) is 4.25. The molecule has 2 aromatic carbocycles. The first kappa shape index (κ1) is 13.5. The van der Waals surface area contributed by atoms with E-state index in [9.17, 15) is 0 Å².